The summed E-state index contributed by atoms with van der Waals surface area (Å²) in [5, 5.41) is 5.29. The molecule has 52 valence electrons. The first-order chi connectivity index (χ1) is 4.79. The number of pyridine rings is 1. The van der Waals surface area contributed by atoms with E-state index in [-0.39, 0.29) is 0 Å². The molecule has 10 heavy (non-hydrogen) atoms. The van der Waals surface area contributed by atoms with Crippen molar-refractivity contribution >= 4 is 5.84 Å². The normalized spacial score (nSPS) is 9.20. The zero-order chi connectivity index (χ0) is 7.40. The van der Waals surface area contributed by atoms with Crippen LogP contribution in [0.15, 0.2) is 24.5 Å². The summed E-state index contributed by atoms with van der Waals surface area (Å²) in [7, 11) is 0. The van der Waals surface area contributed by atoms with E-state index in [4.69, 9.17) is 11.1 Å². The molecular weight excluding hydrogens is 126 g/mol. The van der Waals surface area contributed by atoms with Crippen molar-refractivity contribution < 1.29 is 5.41 Å². The van der Waals surface area contributed by atoms with E-state index in [1.54, 1.807) is 12.4 Å². The van der Waals surface area contributed by atoms with E-state index >= 15 is 0 Å². The largest absolute Gasteiger partial charge is 0.291 e. The Morgan fingerprint density at radius 3 is 3.00 bits per heavy atom. The summed E-state index contributed by atoms with van der Waals surface area (Å²) in [6.07, 6.45) is 4.07. The molecule has 0 aliphatic heterocycles. The highest BCUT2D eigenvalue weighted by Gasteiger charge is 1.96. The minimum atomic E-state index is 0.424. The third-order valence-corrected chi connectivity index (χ3v) is 1.13. The first-order valence-corrected chi connectivity index (χ1v) is 3.04. The van der Waals surface area contributed by atoms with Gasteiger partial charge in [0.25, 0.3) is 0 Å². The van der Waals surface area contributed by atoms with Crippen LogP contribution in [0.5, 0.6) is 0 Å². The maximum atomic E-state index is 5.29. The zero-order valence-electron chi connectivity index (χ0n) is 5.62. The Bertz CT molecular complexity index is 218. The molecule has 1 aromatic rings. The van der Waals surface area contributed by atoms with Crippen molar-refractivity contribution in [1.82, 2.24) is 4.98 Å². The van der Waals surface area contributed by atoms with E-state index in [0.717, 1.165) is 5.56 Å². The lowest BCUT2D eigenvalue weighted by atomic mass is 10.2. The van der Waals surface area contributed by atoms with Gasteiger partial charge in [-0.3, -0.25) is 16.1 Å². The van der Waals surface area contributed by atoms with Crippen molar-refractivity contribution in [3.63, 3.8) is 0 Å². The summed E-state index contributed by atoms with van der Waals surface area (Å²) in [5.41, 5.74) is 6.34. The van der Waals surface area contributed by atoms with Crippen LogP contribution >= 0.6 is 0 Å². The van der Waals surface area contributed by atoms with E-state index in [1.165, 1.54) is 0 Å². The predicted molar refractivity (Wildman–Crippen MR) is 39.1 cm³/mol. The number of amidine groups is 1. The molecule has 0 aromatic carbocycles. The average Bonchev–Trinajstić information content (AvgIpc) is 1.88. The van der Waals surface area contributed by atoms with Gasteiger partial charge in [0.1, 0.15) is 0 Å². The Kier molecular flexibility index (Phi) is 1.99. The number of nitrogens with zero attached hydrogens (tertiary/aromatic N) is 1. The van der Waals surface area contributed by atoms with Crippen LogP contribution in [-0.2, 0) is 6.42 Å². The standard InChI is InChI=1S/C7H9N3/c8-7(9)4-6-2-1-3-10-5-6/h1-3,5H,4H2,(H3,8,9)/p+1. The number of hydrogen-bond donors (Lipinski definition) is 2. The van der Waals surface area contributed by atoms with Crippen molar-refractivity contribution in [2.45, 2.75) is 6.42 Å². The summed E-state index contributed by atoms with van der Waals surface area (Å²) in [6.45, 7) is 0. The number of aromatic nitrogens is 1. The second kappa shape index (κ2) is 2.96. The Labute approximate surface area is 59.4 Å². The molecule has 0 bridgehead atoms. The third-order valence-electron chi connectivity index (χ3n) is 1.13. The van der Waals surface area contributed by atoms with Crippen molar-refractivity contribution in [1.29, 1.82) is 0 Å². The smallest absolute Gasteiger partial charge is 0.242 e. The van der Waals surface area contributed by atoms with Gasteiger partial charge in [0, 0.05) is 12.4 Å². The van der Waals surface area contributed by atoms with Crippen LogP contribution in [0.1, 0.15) is 5.56 Å². The zero-order valence-corrected chi connectivity index (χ0v) is 5.62. The fourth-order valence-electron chi connectivity index (χ4n) is 0.738. The van der Waals surface area contributed by atoms with Crippen LogP contribution in [0.3, 0.4) is 0 Å². The highest BCUT2D eigenvalue weighted by molar-refractivity contribution is 5.76. The molecule has 1 rings (SSSR count). The monoisotopic (exact) mass is 136 g/mol. The molecule has 0 amide bonds. The quantitative estimate of drug-likeness (QED) is 0.394. The molecule has 0 aliphatic rings. The Morgan fingerprint density at radius 1 is 1.70 bits per heavy atom. The molecule has 3 heteroatoms. The molecular formula is C7H10N3+. The van der Waals surface area contributed by atoms with Gasteiger partial charge < -0.3 is 0 Å². The molecule has 1 aromatic heterocycles. The average molecular weight is 136 g/mol. The predicted octanol–water partition coefficient (Wildman–Crippen LogP) is -1.26. The summed E-state index contributed by atoms with van der Waals surface area (Å²) >= 11 is 0. The molecule has 0 radical (unpaired) electrons. The van der Waals surface area contributed by atoms with E-state index in [9.17, 15) is 0 Å². The van der Waals surface area contributed by atoms with Gasteiger partial charge in [-0.15, -0.1) is 0 Å². The molecule has 3 nitrogen and oxygen atoms in total. The van der Waals surface area contributed by atoms with Gasteiger partial charge in [0.05, 0.1) is 6.42 Å². The van der Waals surface area contributed by atoms with Crippen LogP contribution in [0.4, 0.5) is 0 Å². The maximum absolute atomic E-state index is 5.29. The van der Waals surface area contributed by atoms with E-state index in [2.05, 4.69) is 4.98 Å². The Hall–Kier alpha value is -1.38. The highest BCUT2D eigenvalue weighted by atomic mass is 14.7. The van der Waals surface area contributed by atoms with Crippen molar-refractivity contribution in [2.24, 2.45) is 5.73 Å². The molecule has 0 saturated carbocycles. The molecule has 0 fully saturated rings. The van der Waals surface area contributed by atoms with Crippen molar-refractivity contribution in [3.05, 3.63) is 30.1 Å². The topological polar surface area (TPSA) is 64.5 Å². The lowest BCUT2D eigenvalue weighted by Crippen LogP contribution is -2.46. The van der Waals surface area contributed by atoms with Crippen LogP contribution in [0, 0.1) is 0 Å². The molecule has 0 aliphatic carbocycles. The lowest BCUT2D eigenvalue weighted by Gasteiger charge is -1.91. The van der Waals surface area contributed by atoms with Gasteiger partial charge >= 0.3 is 0 Å². The Morgan fingerprint density at radius 2 is 2.50 bits per heavy atom. The van der Waals surface area contributed by atoms with E-state index in [1.807, 2.05) is 12.1 Å². The molecule has 0 unspecified atom stereocenters. The maximum Gasteiger partial charge on any atom is 0.242 e. The van der Waals surface area contributed by atoms with E-state index in [0.29, 0.717) is 12.3 Å². The van der Waals surface area contributed by atoms with Gasteiger partial charge in [0.2, 0.25) is 5.84 Å². The van der Waals surface area contributed by atoms with Gasteiger partial charge in [0.15, 0.2) is 0 Å². The molecule has 0 atom stereocenters. The SMILES string of the molecule is NC(=[NH2+])Cc1cccnc1. The van der Waals surface area contributed by atoms with Crippen LogP contribution in [-0.4, -0.2) is 10.8 Å². The van der Waals surface area contributed by atoms with Gasteiger partial charge in [-0.25, -0.2) is 0 Å². The number of nitrogens with two attached hydrogens (primary N) is 2. The minimum Gasteiger partial charge on any atom is -0.291 e. The van der Waals surface area contributed by atoms with Gasteiger partial charge in [-0.05, 0) is 11.6 Å². The van der Waals surface area contributed by atoms with Crippen molar-refractivity contribution in [3.8, 4) is 0 Å². The summed E-state index contributed by atoms with van der Waals surface area (Å²) in [4.78, 5) is 3.91. The minimum absolute atomic E-state index is 0.424. The second-order valence-corrected chi connectivity index (χ2v) is 2.11. The number of hydrogen-bond acceptors (Lipinski definition) is 1. The van der Waals surface area contributed by atoms with Crippen LogP contribution in [0.2, 0.25) is 0 Å². The summed E-state index contributed by atoms with van der Waals surface area (Å²) in [6, 6.07) is 3.80. The van der Waals surface area contributed by atoms with Gasteiger partial charge in [-0.2, -0.15) is 0 Å². The molecule has 1 heterocycles. The molecule has 0 spiro atoms. The lowest BCUT2D eigenvalue weighted by molar-refractivity contribution is -0.117. The Balaban J connectivity index is 2.67. The first kappa shape index (κ1) is 6.74. The molecule has 4 N–H and O–H groups in total. The van der Waals surface area contributed by atoms with Crippen molar-refractivity contribution in [2.75, 3.05) is 0 Å². The van der Waals surface area contributed by atoms with Crippen LogP contribution < -0.4 is 11.1 Å². The second-order valence-electron chi connectivity index (χ2n) is 2.11. The summed E-state index contributed by atoms with van der Waals surface area (Å²) in [5.74, 6) is 0.424. The third kappa shape index (κ3) is 1.85. The molecule has 0 saturated heterocycles. The van der Waals surface area contributed by atoms with Crippen LogP contribution in [0.25, 0.3) is 0 Å². The summed E-state index contributed by atoms with van der Waals surface area (Å²) < 4.78 is 0. The first-order valence-electron chi connectivity index (χ1n) is 3.04. The fourth-order valence-corrected chi connectivity index (χ4v) is 0.738. The highest BCUT2D eigenvalue weighted by Crippen LogP contribution is 1.94. The number of rotatable bonds is 2. The fraction of sp³-hybridized carbons (Fsp3) is 0.143. The van der Waals surface area contributed by atoms with Gasteiger partial charge in [-0.1, -0.05) is 6.07 Å². The van der Waals surface area contributed by atoms with E-state index < -0.39 is 0 Å².